The fraction of sp³-hybridized carbons (Fsp3) is 0. The Kier molecular flexibility index (Phi) is 4.04. The molecule has 6 nitrogen and oxygen atoms in total. The minimum Gasteiger partial charge on any atom is -0.692 e. The Morgan fingerprint density at radius 1 is 0.909 bits per heavy atom. The number of hydrogen-bond donors (Lipinski definition) is 0. The molecule has 0 saturated heterocycles. The van der Waals surface area contributed by atoms with Crippen molar-refractivity contribution in [2.45, 2.75) is 0 Å². The van der Waals surface area contributed by atoms with Gasteiger partial charge in [0.2, 0.25) is 0 Å². The van der Waals surface area contributed by atoms with Crippen LogP contribution in [0.4, 0.5) is 11.5 Å². The molecular weight excluding hydrogens is 325 g/mol. The van der Waals surface area contributed by atoms with Gasteiger partial charge in [0, 0.05) is 10.0 Å². The van der Waals surface area contributed by atoms with Crippen molar-refractivity contribution in [3.63, 3.8) is 0 Å². The van der Waals surface area contributed by atoms with Gasteiger partial charge in [-0.2, -0.15) is 4.85 Å². The lowest BCUT2D eigenvalue weighted by atomic mass is 10.3. The molecule has 8 heteroatoms. The van der Waals surface area contributed by atoms with Gasteiger partial charge in [0.05, 0.1) is 10.8 Å². The Morgan fingerprint density at radius 3 is 2.14 bits per heavy atom. The van der Waals surface area contributed by atoms with E-state index in [1.54, 1.807) is 48.5 Å². The smallest absolute Gasteiger partial charge is 0.352 e. The summed E-state index contributed by atoms with van der Waals surface area (Å²) < 4.78 is 0. The van der Waals surface area contributed by atoms with Crippen molar-refractivity contribution in [2.24, 2.45) is 10.2 Å². The Hall–Kier alpha value is -2.44. The van der Waals surface area contributed by atoms with Crippen molar-refractivity contribution < 1.29 is 4.85 Å². The Labute approximate surface area is 135 Å². The number of azo groups is 1. The van der Waals surface area contributed by atoms with E-state index in [2.05, 4.69) is 15.3 Å². The van der Waals surface area contributed by atoms with Gasteiger partial charge in [0.1, 0.15) is 5.69 Å². The summed E-state index contributed by atoms with van der Waals surface area (Å²) in [4.78, 5) is 1.73. The lowest BCUT2D eigenvalue weighted by Crippen LogP contribution is -2.36. The van der Waals surface area contributed by atoms with Gasteiger partial charge in [0.15, 0.2) is 6.20 Å². The molecule has 0 saturated carbocycles. The molecule has 22 heavy (non-hydrogen) atoms. The standard InChI is InChI=1S/C14H9Cl2N5O/c15-10-1-5-12(6-2-10)17-18-14-9-20(22)21(19-14)13-7-3-11(16)4-8-13/h1-9H. The molecule has 1 aromatic heterocycles. The fourth-order valence-corrected chi connectivity index (χ4v) is 1.98. The Balaban J connectivity index is 1.85. The van der Waals surface area contributed by atoms with E-state index in [-0.39, 0.29) is 5.82 Å². The third-order valence-electron chi connectivity index (χ3n) is 2.76. The molecular formula is C14H9Cl2N5O. The number of nitrogens with zero attached hydrogens (tertiary/aromatic N) is 5. The van der Waals surface area contributed by atoms with Gasteiger partial charge in [-0.25, -0.2) is 0 Å². The highest BCUT2D eigenvalue weighted by atomic mass is 35.5. The number of hydrogen-bond acceptors (Lipinski definition) is 4. The summed E-state index contributed by atoms with van der Waals surface area (Å²) in [5.74, 6) is 0.194. The van der Waals surface area contributed by atoms with Gasteiger partial charge in [-0.05, 0) is 53.3 Å². The van der Waals surface area contributed by atoms with E-state index in [1.807, 2.05) is 0 Å². The molecule has 1 heterocycles. The second kappa shape index (κ2) is 6.13. The van der Waals surface area contributed by atoms with Gasteiger partial charge in [-0.3, -0.25) is 0 Å². The molecule has 0 aliphatic rings. The highest BCUT2D eigenvalue weighted by Gasteiger charge is 2.13. The maximum atomic E-state index is 11.8. The topological polar surface area (TPSA) is 69.5 Å². The van der Waals surface area contributed by atoms with Crippen molar-refractivity contribution in [1.82, 2.24) is 9.90 Å². The second-order valence-electron chi connectivity index (χ2n) is 4.33. The molecule has 3 rings (SSSR count). The molecule has 0 aliphatic carbocycles. The van der Waals surface area contributed by atoms with Crippen molar-refractivity contribution in [3.05, 3.63) is 70.0 Å². The summed E-state index contributed by atoms with van der Waals surface area (Å²) in [6.45, 7) is 0. The highest BCUT2D eigenvalue weighted by molar-refractivity contribution is 6.30. The molecule has 0 aliphatic heterocycles. The van der Waals surface area contributed by atoms with Gasteiger partial charge in [0.25, 0.3) is 0 Å². The number of benzene rings is 2. The van der Waals surface area contributed by atoms with Crippen LogP contribution in [0.3, 0.4) is 0 Å². The molecule has 0 unspecified atom stereocenters. The van der Waals surface area contributed by atoms with Crippen LogP contribution < -0.4 is 4.85 Å². The molecule has 0 fully saturated rings. The quantitative estimate of drug-likeness (QED) is 0.409. The maximum Gasteiger partial charge on any atom is 0.352 e. The normalized spacial score (nSPS) is 11.2. The molecule has 0 bridgehead atoms. The predicted molar refractivity (Wildman–Crippen MR) is 83.2 cm³/mol. The maximum absolute atomic E-state index is 11.8. The summed E-state index contributed by atoms with van der Waals surface area (Å²) in [5.41, 5.74) is 1.19. The van der Waals surface area contributed by atoms with E-state index in [1.165, 1.54) is 6.20 Å². The van der Waals surface area contributed by atoms with Gasteiger partial charge >= 0.3 is 5.82 Å². The molecule has 110 valence electrons. The molecule has 2 aromatic carbocycles. The van der Waals surface area contributed by atoms with Crippen LogP contribution in [0.2, 0.25) is 10.0 Å². The monoisotopic (exact) mass is 333 g/mol. The lowest BCUT2D eigenvalue weighted by molar-refractivity contribution is -0.688. The first-order chi connectivity index (χ1) is 10.6. The first kappa shape index (κ1) is 14.5. The van der Waals surface area contributed by atoms with E-state index in [0.717, 1.165) is 4.80 Å². The summed E-state index contributed by atoms with van der Waals surface area (Å²) in [7, 11) is 0. The van der Waals surface area contributed by atoms with E-state index < -0.39 is 0 Å². The second-order valence-corrected chi connectivity index (χ2v) is 5.20. The Bertz CT molecular complexity index is 812. The van der Waals surface area contributed by atoms with Crippen LogP contribution in [-0.4, -0.2) is 9.90 Å². The predicted octanol–water partition coefficient (Wildman–Crippen LogP) is 4.23. The molecule has 0 spiro atoms. The van der Waals surface area contributed by atoms with Crippen LogP contribution in [0, 0.1) is 5.21 Å². The van der Waals surface area contributed by atoms with Crippen molar-refractivity contribution in [1.29, 1.82) is 0 Å². The van der Waals surface area contributed by atoms with Crippen LogP contribution in [0.25, 0.3) is 5.69 Å². The molecule has 0 amide bonds. The minimum atomic E-state index is 0.194. The summed E-state index contributed by atoms with van der Waals surface area (Å²) in [5, 5.41) is 25.1. The zero-order chi connectivity index (χ0) is 15.5. The average molecular weight is 334 g/mol. The Morgan fingerprint density at radius 2 is 1.50 bits per heavy atom. The lowest BCUT2D eigenvalue weighted by Gasteiger charge is -2.01. The number of rotatable bonds is 3. The zero-order valence-corrected chi connectivity index (χ0v) is 12.6. The third kappa shape index (κ3) is 3.24. The van der Waals surface area contributed by atoms with Crippen molar-refractivity contribution >= 4 is 34.7 Å². The minimum absolute atomic E-state index is 0.194. The van der Waals surface area contributed by atoms with Crippen LogP contribution in [0.5, 0.6) is 0 Å². The van der Waals surface area contributed by atoms with Gasteiger partial charge in [-0.15, -0.1) is 5.11 Å². The van der Waals surface area contributed by atoms with E-state index in [9.17, 15) is 5.21 Å². The zero-order valence-electron chi connectivity index (χ0n) is 11.1. The largest absolute Gasteiger partial charge is 0.692 e. The molecule has 0 radical (unpaired) electrons. The summed E-state index contributed by atoms with van der Waals surface area (Å²) in [6, 6.07) is 13.6. The van der Waals surface area contributed by atoms with Gasteiger partial charge < -0.3 is 5.21 Å². The molecule has 0 N–H and O–H groups in total. The SMILES string of the molecule is [O-][n+]1cc(N=Nc2ccc(Cl)cc2)nn1-c1ccc(Cl)cc1. The summed E-state index contributed by atoms with van der Waals surface area (Å²) in [6.07, 6.45) is 1.23. The first-order valence-corrected chi connectivity index (χ1v) is 7.00. The van der Waals surface area contributed by atoms with E-state index in [0.29, 0.717) is 26.3 Å². The van der Waals surface area contributed by atoms with Gasteiger partial charge in [-0.1, -0.05) is 28.3 Å². The highest BCUT2D eigenvalue weighted by Crippen LogP contribution is 2.19. The number of aromatic nitrogens is 3. The number of halogens is 2. The molecule has 0 atom stereocenters. The van der Waals surface area contributed by atoms with Crippen LogP contribution in [-0.2, 0) is 0 Å². The van der Waals surface area contributed by atoms with Crippen LogP contribution in [0.15, 0.2) is 65.0 Å². The molecule has 3 aromatic rings. The summed E-state index contributed by atoms with van der Waals surface area (Å²) >= 11 is 11.6. The van der Waals surface area contributed by atoms with Crippen molar-refractivity contribution in [3.8, 4) is 5.69 Å². The fourth-order valence-electron chi connectivity index (χ4n) is 1.73. The van der Waals surface area contributed by atoms with Crippen LogP contribution in [0.1, 0.15) is 0 Å². The third-order valence-corrected chi connectivity index (χ3v) is 3.27. The van der Waals surface area contributed by atoms with Crippen molar-refractivity contribution in [2.75, 3.05) is 0 Å². The van der Waals surface area contributed by atoms with Crippen LogP contribution >= 0.6 is 23.2 Å². The first-order valence-electron chi connectivity index (χ1n) is 6.24. The average Bonchev–Trinajstić information content (AvgIpc) is 2.89. The van der Waals surface area contributed by atoms with E-state index >= 15 is 0 Å². The van der Waals surface area contributed by atoms with E-state index in [4.69, 9.17) is 23.2 Å².